The summed E-state index contributed by atoms with van der Waals surface area (Å²) in [5.74, 6) is -3.80. The highest BCUT2D eigenvalue weighted by Gasteiger charge is 2.45. The number of ether oxygens (including phenoxy) is 3. The first-order valence-electron chi connectivity index (χ1n) is 7.94. The van der Waals surface area contributed by atoms with Crippen molar-refractivity contribution in [3.63, 3.8) is 0 Å². The van der Waals surface area contributed by atoms with Crippen LogP contribution in [0.1, 0.15) is 30.9 Å². The van der Waals surface area contributed by atoms with Gasteiger partial charge in [0.15, 0.2) is 17.7 Å². The molecule has 0 saturated carbocycles. The van der Waals surface area contributed by atoms with Crippen molar-refractivity contribution in [1.29, 1.82) is 0 Å². The Labute approximate surface area is 138 Å². The molecule has 7 heteroatoms. The molecule has 0 aliphatic carbocycles. The van der Waals surface area contributed by atoms with E-state index >= 15 is 0 Å². The first-order valence-corrected chi connectivity index (χ1v) is 7.94. The average Bonchev–Trinajstić information content (AvgIpc) is 2.78. The van der Waals surface area contributed by atoms with E-state index in [-0.39, 0.29) is 30.3 Å². The Balaban J connectivity index is 1.95. The maximum atomic E-state index is 14.4. The molecule has 2 aliphatic heterocycles. The van der Waals surface area contributed by atoms with Crippen molar-refractivity contribution in [3.8, 4) is 0 Å². The Morgan fingerprint density at radius 2 is 2.04 bits per heavy atom. The van der Waals surface area contributed by atoms with Gasteiger partial charge in [-0.1, -0.05) is 13.0 Å². The molecule has 0 aromatic heterocycles. The van der Waals surface area contributed by atoms with Crippen molar-refractivity contribution < 1.29 is 32.9 Å². The summed E-state index contributed by atoms with van der Waals surface area (Å²) in [5.41, 5.74) is 0.487. The van der Waals surface area contributed by atoms with Gasteiger partial charge in [0.2, 0.25) is 0 Å². The van der Waals surface area contributed by atoms with Gasteiger partial charge in [0.25, 0.3) is 0 Å². The first-order chi connectivity index (χ1) is 11.4. The highest BCUT2D eigenvalue weighted by atomic mass is 19.2. The molecular weight excluding hydrogens is 322 g/mol. The minimum absolute atomic E-state index is 0.0581. The zero-order valence-corrected chi connectivity index (χ0v) is 13.5. The summed E-state index contributed by atoms with van der Waals surface area (Å²) in [5, 5.41) is 9.42. The van der Waals surface area contributed by atoms with Gasteiger partial charge in [-0.3, -0.25) is 0 Å². The summed E-state index contributed by atoms with van der Waals surface area (Å²) in [7, 11) is 0. The third kappa shape index (κ3) is 3.03. The van der Waals surface area contributed by atoms with Gasteiger partial charge in [-0.15, -0.1) is 0 Å². The van der Waals surface area contributed by atoms with Crippen LogP contribution in [0, 0.1) is 17.6 Å². The van der Waals surface area contributed by atoms with Crippen LogP contribution < -0.4 is 0 Å². The lowest BCUT2D eigenvalue weighted by Gasteiger charge is -2.28. The van der Waals surface area contributed by atoms with Crippen LogP contribution in [0.3, 0.4) is 0 Å². The SMILES string of the molecule is C[C@H]1[C@@H](c2ccc(F)c(F)c2COC2COC2)[C@H](C(=O)O)O[C@@H]1C. The van der Waals surface area contributed by atoms with Gasteiger partial charge in [0.05, 0.1) is 25.9 Å². The zero-order valence-electron chi connectivity index (χ0n) is 13.5. The van der Waals surface area contributed by atoms with E-state index in [0.717, 1.165) is 6.07 Å². The first kappa shape index (κ1) is 17.3. The maximum absolute atomic E-state index is 14.4. The van der Waals surface area contributed by atoms with Crippen LogP contribution in [0.4, 0.5) is 8.78 Å². The maximum Gasteiger partial charge on any atom is 0.333 e. The van der Waals surface area contributed by atoms with Crippen LogP contribution in [0.25, 0.3) is 0 Å². The highest BCUT2D eigenvalue weighted by Crippen LogP contribution is 2.42. The van der Waals surface area contributed by atoms with Gasteiger partial charge in [0.1, 0.15) is 6.10 Å². The Bertz CT molecular complexity index is 632. The molecule has 2 saturated heterocycles. The van der Waals surface area contributed by atoms with Crippen LogP contribution in [0.15, 0.2) is 12.1 Å². The largest absolute Gasteiger partial charge is 0.479 e. The van der Waals surface area contributed by atoms with Gasteiger partial charge in [-0.2, -0.15) is 0 Å². The molecule has 0 unspecified atom stereocenters. The second kappa shape index (κ2) is 6.74. The third-order valence-electron chi connectivity index (χ3n) is 4.90. The van der Waals surface area contributed by atoms with E-state index in [1.807, 2.05) is 6.92 Å². The lowest BCUT2D eigenvalue weighted by atomic mass is 9.81. The van der Waals surface area contributed by atoms with Crippen molar-refractivity contribution >= 4 is 5.97 Å². The molecular formula is C17H20F2O5. The number of halogens is 2. The Morgan fingerprint density at radius 1 is 1.33 bits per heavy atom. The minimum Gasteiger partial charge on any atom is -0.479 e. The van der Waals surface area contributed by atoms with Crippen LogP contribution in [-0.2, 0) is 25.6 Å². The highest BCUT2D eigenvalue weighted by molar-refractivity contribution is 5.74. The van der Waals surface area contributed by atoms with E-state index in [0.29, 0.717) is 18.8 Å². The molecule has 1 aromatic rings. The van der Waals surface area contributed by atoms with Crippen molar-refractivity contribution in [1.82, 2.24) is 0 Å². The van der Waals surface area contributed by atoms with Gasteiger partial charge in [0, 0.05) is 11.5 Å². The number of aliphatic carboxylic acids is 1. The van der Waals surface area contributed by atoms with Crippen LogP contribution in [-0.4, -0.2) is 42.6 Å². The number of benzene rings is 1. The normalized spacial score (nSPS) is 30.3. The fraction of sp³-hybridized carbons (Fsp3) is 0.588. The lowest BCUT2D eigenvalue weighted by molar-refractivity contribution is -0.149. The van der Waals surface area contributed by atoms with Gasteiger partial charge < -0.3 is 19.3 Å². The average molecular weight is 342 g/mol. The summed E-state index contributed by atoms with van der Waals surface area (Å²) in [6.45, 7) is 4.34. The van der Waals surface area contributed by atoms with E-state index < -0.39 is 29.6 Å². The topological polar surface area (TPSA) is 65.0 Å². The molecule has 4 atom stereocenters. The number of hydrogen-bond acceptors (Lipinski definition) is 4. The van der Waals surface area contributed by atoms with E-state index in [1.165, 1.54) is 6.07 Å². The number of carboxylic acid groups (broad SMARTS) is 1. The summed E-state index contributed by atoms with van der Waals surface area (Å²) in [6.07, 6.45) is -1.53. The zero-order chi connectivity index (χ0) is 17.4. The predicted molar refractivity (Wildman–Crippen MR) is 79.6 cm³/mol. The van der Waals surface area contributed by atoms with Crippen molar-refractivity contribution in [2.75, 3.05) is 13.2 Å². The van der Waals surface area contributed by atoms with E-state index in [9.17, 15) is 18.7 Å². The second-order valence-corrected chi connectivity index (χ2v) is 6.38. The molecule has 0 amide bonds. The summed E-state index contributed by atoms with van der Waals surface area (Å²) in [4.78, 5) is 11.5. The Kier molecular flexibility index (Phi) is 4.85. The van der Waals surface area contributed by atoms with Crippen LogP contribution in [0.5, 0.6) is 0 Å². The molecule has 0 spiro atoms. The Morgan fingerprint density at radius 3 is 2.62 bits per heavy atom. The minimum atomic E-state index is -1.11. The fourth-order valence-electron chi connectivity index (χ4n) is 3.24. The Hall–Kier alpha value is -1.57. The fourth-order valence-corrected chi connectivity index (χ4v) is 3.24. The molecule has 3 rings (SSSR count). The molecule has 5 nitrogen and oxygen atoms in total. The molecule has 1 aromatic carbocycles. The summed E-state index contributed by atoms with van der Waals surface area (Å²) < 4.78 is 44.1. The van der Waals surface area contributed by atoms with Crippen LogP contribution in [0.2, 0.25) is 0 Å². The van der Waals surface area contributed by atoms with E-state index in [2.05, 4.69) is 0 Å². The number of carbonyl (C=O) groups is 1. The van der Waals surface area contributed by atoms with Gasteiger partial charge in [-0.05, 0) is 24.5 Å². The summed E-state index contributed by atoms with van der Waals surface area (Å²) >= 11 is 0. The third-order valence-corrected chi connectivity index (χ3v) is 4.90. The molecule has 132 valence electrons. The van der Waals surface area contributed by atoms with Crippen molar-refractivity contribution in [2.24, 2.45) is 5.92 Å². The van der Waals surface area contributed by atoms with E-state index in [1.54, 1.807) is 6.92 Å². The second-order valence-electron chi connectivity index (χ2n) is 6.38. The van der Waals surface area contributed by atoms with E-state index in [4.69, 9.17) is 14.2 Å². The molecule has 0 radical (unpaired) electrons. The predicted octanol–water partition coefficient (Wildman–Crippen LogP) is 2.47. The molecule has 1 N–H and O–H groups in total. The standard InChI is InChI=1S/C17H20F2O5/c1-8-9(2)24-16(17(20)21)14(8)11-3-4-13(18)15(19)12(11)7-23-10-5-22-6-10/h3-4,8-10,14,16H,5-7H2,1-2H3,(H,20,21)/t8-,9-,14+,16-/m1/s1. The number of rotatable bonds is 5. The molecule has 2 heterocycles. The molecule has 0 bridgehead atoms. The van der Waals surface area contributed by atoms with Crippen molar-refractivity contribution in [2.45, 2.75) is 44.7 Å². The quantitative estimate of drug-likeness (QED) is 0.891. The smallest absolute Gasteiger partial charge is 0.333 e. The molecule has 2 aliphatic rings. The van der Waals surface area contributed by atoms with Crippen molar-refractivity contribution in [3.05, 3.63) is 34.9 Å². The monoisotopic (exact) mass is 342 g/mol. The van der Waals surface area contributed by atoms with Crippen LogP contribution >= 0.6 is 0 Å². The number of carboxylic acids is 1. The van der Waals surface area contributed by atoms with Gasteiger partial charge in [-0.25, -0.2) is 13.6 Å². The van der Waals surface area contributed by atoms with Gasteiger partial charge >= 0.3 is 5.97 Å². The lowest BCUT2D eigenvalue weighted by Crippen LogP contribution is -2.36. The molecule has 2 fully saturated rings. The summed E-state index contributed by atoms with van der Waals surface area (Å²) in [6, 6.07) is 2.46. The number of hydrogen-bond donors (Lipinski definition) is 1. The molecule has 24 heavy (non-hydrogen) atoms.